The molecule has 2 aromatic carbocycles. The van der Waals surface area contributed by atoms with Gasteiger partial charge >= 0.3 is 6.01 Å². The molecule has 0 spiro atoms. The lowest BCUT2D eigenvalue weighted by Crippen LogP contribution is -2.28. The summed E-state index contributed by atoms with van der Waals surface area (Å²) < 4.78 is 5.45. The average Bonchev–Trinajstić information content (AvgIpc) is 2.89. The van der Waals surface area contributed by atoms with Gasteiger partial charge in [-0.05, 0) is 24.3 Å². The molecule has 1 heterocycles. The van der Waals surface area contributed by atoms with Crippen LogP contribution in [0, 0.1) is 0 Å². The predicted octanol–water partition coefficient (Wildman–Crippen LogP) is 1.94. The number of aromatic nitrogens is 1. The highest BCUT2D eigenvalue weighted by Gasteiger charge is 2.07. The first-order valence-electron chi connectivity index (χ1n) is 6.66. The third kappa shape index (κ3) is 3.33. The lowest BCUT2D eigenvalue weighted by atomic mass is 10.3. The molecule has 0 amide bonds. The van der Waals surface area contributed by atoms with E-state index in [0.29, 0.717) is 11.1 Å². The van der Waals surface area contributed by atoms with Crippen molar-refractivity contribution in [1.29, 1.82) is 0 Å². The number of nitrogens with zero attached hydrogens (tertiary/aromatic N) is 2. The molecule has 0 aliphatic carbocycles. The number of oxazole rings is 1. The van der Waals surface area contributed by atoms with Gasteiger partial charge in [0.1, 0.15) is 5.52 Å². The summed E-state index contributed by atoms with van der Waals surface area (Å²) in [6, 6.07) is 16.7. The molecule has 0 saturated heterocycles. The number of aliphatic hydroxyl groups is 1. The summed E-state index contributed by atoms with van der Waals surface area (Å²) in [4.78, 5) is 8.07. The van der Waals surface area contributed by atoms with Gasteiger partial charge in [-0.3, -0.25) is 5.32 Å². The average molecular weight is 297 g/mol. The number of nitrogens with one attached hydrogen (secondary N) is 2. The van der Waals surface area contributed by atoms with E-state index < -0.39 is 6.35 Å². The van der Waals surface area contributed by atoms with Crippen LogP contribution in [0.2, 0.25) is 0 Å². The minimum atomic E-state index is -1.18. The molecule has 7 heteroatoms. The quantitative estimate of drug-likeness (QED) is 0.333. The SMILES string of the molecule is N/C(=N/C(O)Nc1ccccc1)Nc1nc2ccccc2o1. The normalized spacial score (nSPS) is 13.0. The van der Waals surface area contributed by atoms with Gasteiger partial charge in [0, 0.05) is 5.69 Å². The van der Waals surface area contributed by atoms with E-state index in [1.807, 2.05) is 48.5 Å². The minimum Gasteiger partial charge on any atom is -0.423 e. The number of rotatable bonds is 4. The number of para-hydroxylation sites is 3. The Morgan fingerprint density at radius 1 is 1.14 bits per heavy atom. The zero-order chi connectivity index (χ0) is 15.4. The molecule has 0 saturated carbocycles. The number of nitrogens with two attached hydrogens (primary N) is 1. The molecule has 5 N–H and O–H groups in total. The zero-order valence-corrected chi connectivity index (χ0v) is 11.6. The number of benzene rings is 2. The molecule has 1 unspecified atom stereocenters. The molecule has 3 aromatic rings. The van der Waals surface area contributed by atoms with Crippen LogP contribution in [0.15, 0.2) is 64.0 Å². The summed E-state index contributed by atoms with van der Waals surface area (Å²) in [6.07, 6.45) is -1.18. The number of aliphatic hydroxyl groups excluding tert-OH is 1. The second kappa shape index (κ2) is 6.15. The summed E-state index contributed by atoms with van der Waals surface area (Å²) in [5, 5.41) is 15.3. The van der Waals surface area contributed by atoms with Crippen LogP contribution < -0.4 is 16.4 Å². The van der Waals surface area contributed by atoms with Crippen molar-refractivity contribution in [3.8, 4) is 0 Å². The van der Waals surface area contributed by atoms with Gasteiger partial charge in [0.15, 0.2) is 5.58 Å². The highest BCUT2D eigenvalue weighted by molar-refractivity contribution is 5.91. The van der Waals surface area contributed by atoms with E-state index in [-0.39, 0.29) is 12.0 Å². The van der Waals surface area contributed by atoms with E-state index in [1.165, 1.54) is 0 Å². The van der Waals surface area contributed by atoms with Gasteiger partial charge < -0.3 is 20.6 Å². The Hall–Kier alpha value is -3.06. The second-order valence-corrected chi connectivity index (χ2v) is 4.51. The van der Waals surface area contributed by atoms with Gasteiger partial charge in [0.25, 0.3) is 0 Å². The molecule has 112 valence electrons. The molecule has 1 aromatic heterocycles. The van der Waals surface area contributed by atoms with E-state index >= 15 is 0 Å². The predicted molar refractivity (Wildman–Crippen MR) is 85.3 cm³/mol. The number of hydrogen-bond donors (Lipinski definition) is 4. The van der Waals surface area contributed by atoms with E-state index in [1.54, 1.807) is 6.07 Å². The monoisotopic (exact) mass is 297 g/mol. The highest BCUT2D eigenvalue weighted by Crippen LogP contribution is 2.17. The fourth-order valence-electron chi connectivity index (χ4n) is 1.91. The van der Waals surface area contributed by atoms with Gasteiger partial charge in [-0.2, -0.15) is 4.98 Å². The van der Waals surface area contributed by atoms with Crippen molar-refractivity contribution >= 4 is 28.8 Å². The summed E-state index contributed by atoms with van der Waals surface area (Å²) in [5.41, 5.74) is 7.80. The molecule has 0 aliphatic rings. The van der Waals surface area contributed by atoms with Crippen molar-refractivity contribution in [2.45, 2.75) is 6.35 Å². The summed E-state index contributed by atoms with van der Waals surface area (Å²) >= 11 is 0. The molecule has 7 nitrogen and oxygen atoms in total. The summed E-state index contributed by atoms with van der Waals surface area (Å²) in [7, 11) is 0. The van der Waals surface area contributed by atoms with Crippen LogP contribution in [-0.2, 0) is 0 Å². The van der Waals surface area contributed by atoms with Crippen LogP contribution in [0.5, 0.6) is 0 Å². The maximum atomic E-state index is 9.82. The highest BCUT2D eigenvalue weighted by atomic mass is 16.4. The topological polar surface area (TPSA) is 109 Å². The van der Waals surface area contributed by atoms with E-state index in [9.17, 15) is 5.11 Å². The number of fused-ring (bicyclic) bond motifs is 1. The van der Waals surface area contributed by atoms with Gasteiger partial charge in [-0.1, -0.05) is 30.3 Å². The van der Waals surface area contributed by atoms with Crippen LogP contribution >= 0.6 is 0 Å². The summed E-state index contributed by atoms with van der Waals surface area (Å²) in [6.45, 7) is 0. The first-order chi connectivity index (χ1) is 10.7. The zero-order valence-electron chi connectivity index (χ0n) is 11.6. The standard InChI is InChI=1S/C15H15N5O2/c16-13(19-14(21)17-10-6-2-1-3-7-10)20-15-18-11-8-4-5-9-12(11)22-15/h1-9,14,17,21H,(H3,16,18,19,20). The minimum absolute atomic E-state index is 0.0116. The summed E-state index contributed by atoms with van der Waals surface area (Å²) in [5.74, 6) is -0.0116. The van der Waals surface area contributed by atoms with Gasteiger partial charge in [0.05, 0.1) is 0 Å². The Labute approximate surface area is 126 Å². The molecule has 1 atom stereocenters. The molecule has 0 fully saturated rings. The van der Waals surface area contributed by atoms with Crippen molar-refractivity contribution in [3.05, 3.63) is 54.6 Å². The third-order valence-corrected chi connectivity index (χ3v) is 2.86. The second-order valence-electron chi connectivity index (χ2n) is 4.51. The van der Waals surface area contributed by atoms with Crippen molar-refractivity contribution in [2.24, 2.45) is 10.7 Å². The Morgan fingerprint density at radius 3 is 2.64 bits per heavy atom. The molecular weight excluding hydrogens is 282 g/mol. The van der Waals surface area contributed by atoms with Crippen LogP contribution in [0.1, 0.15) is 0 Å². The van der Waals surface area contributed by atoms with Crippen molar-refractivity contribution in [1.82, 2.24) is 4.98 Å². The Morgan fingerprint density at radius 2 is 1.86 bits per heavy atom. The van der Waals surface area contributed by atoms with Crippen molar-refractivity contribution < 1.29 is 9.52 Å². The fourth-order valence-corrected chi connectivity index (χ4v) is 1.91. The maximum Gasteiger partial charge on any atom is 0.302 e. The van der Waals surface area contributed by atoms with Crippen molar-refractivity contribution in [2.75, 3.05) is 10.6 Å². The molecule has 3 rings (SSSR count). The van der Waals surface area contributed by atoms with Gasteiger partial charge in [0.2, 0.25) is 12.3 Å². The Bertz CT molecular complexity index is 752. The van der Waals surface area contributed by atoms with Crippen LogP contribution in [0.25, 0.3) is 11.1 Å². The molecule has 0 radical (unpaired) electrons. The first-order valence-corrected chi connectivity index (χ1v) is 6.66. The number of anilines is 2. The largest absolute Gasteiger partial charge is 0.423 e. The van der Waals surface area contributed by atoms with E-state index in [0.717, 1.165) is 5.69 Å². The van der Waals surface area contributed by atoms with Crippen molar-refractivity contribution in [3.63, 3.8) is 0 Å². The maximum absolute atomic E-state index is 9.82. The Balaban J connectivity index is 1.66. The third-order valence-electron chi connectivity index (χ3n) is 2.86. The number of aliphatic imine (C=N–C) groups is 1. The smallest absolute Gasteiger partial charge is 0.302 e. The molecule has 0 aliphatic heterocycles. The van der Waals surface area contributed by atoms with E-state index in [4.69, 9.17) is 10.2 Å². The molecule has 22 heavy (non-hydrogen) atoms. The van der Waals surface area contributed by atoms with Crippen LogP contribution in [0.4, 0.5) is 11.7 Å². The lowest BCUT2D eigenvalue weighted by Gasteiger charge is -2.10. The molecule has 0 bridgehead atoms. The van der Waals surface area contributed by atoms with Crippen LogP contribution in [-0.4, -0.2) is 22.4 Å². The lowest BCUT2D eigenvalue weighted by molar-refractivity contribution is 0.214. The van der Waals surface area contributed by atoms with Gasteiger partial charge in [-0.15, -0.1) is 0 Å². The first kappa shape index (κ1) is 13.9. The van der Waals surface area contributed by atoms with E-state index in [2.05, 4.69) is 20.6 Å². The number of hydrogen-bond acceptors (Lipinski definition) is 5. The molecular formula is C15H15N5O2. The van der Waals surface area contributed by atoms with Gasteiger partial charge in [-0.25, -0.2) is 4.99 Å². The Kier molecular flexibility index (Phi) is 3.88. The van der Waals surface area contributed by atoms with Crippen LogP contribution in [0.3, 0.4) is 0 Å². The fraction of sp³-hybridized carbons (Fsp3) is 0.0667. The number of guanidine groups is 1.